The Bertz CT molecular complexity index is 381. The molecule has 2 rings (SSSR count). The van der Waals surface area contributed by atoms with Gasteiger partial charge in [-0.25, -0.2) is 0 Å². The monoisotopic (exact) mass is 268 g/mol. The van der Waals surface area contributed by atoms with Crippen LogP contribution in [0.1, 0.15) is 24.3 Å². The molecule has 0 radical (unpaired) electrons. The summed E-state index contributed by atoms with van der Waals surface area (Å²) in [6.45, 7) is 1.72. The lowest BCUT2D eigenvalue weighted by Crippen LogP contribution is -2.14. The predicted octanol–water partition coefficient (Wildman–Crippen LogP) is 2.57. The van der Waals surface area contributed by atoms with E-state index in [-0.39, 0.29) is 0 Å². The van der Waals surface area contributed by atoms with Gasteiger partial charge in [0, 0.05) is 13.2 Å². The van der Waals surface area contributed by atoms with Gasteiger partial charge in [0.1, 0.15) is 5.75 Å². The fraction of sp³-hybridized carbons (Fsp3) is 0.538. The highest BCUT2D eigenvalue weighted by atomic mass is 32.2. The zero-order chi connectivity index (χ0) is 12.8. The minimum Gasteiger partial charge on any atom is -0.495 e. The number of anilines is 1. The molecule has 4 nitrogen and oxygen atoms in total. The smallest absolute Gasteiger partial charge is 0.142 e. The maximum Gasteiger partial charge on any atom is 0.142 e. The van der Waals surface area contributed by atoms with Crippen molar-refractivity contribution in [1.29, 1.82) is 0 Å². The number of methoxy groups -OCH3 is 1. The van der Waals surface area contributed by atoms with Gasteiger partial charge in [0.25, 0.3) is 0 Å². The summed E-state index contributed by atoms with van der Waals surface area (Å²) in [6, 6.07) is 6.33. The van der Waals surface area contributed by atoms with Crippen molar-refractivity contribution in [2.45, 2.75) is 18.8 Å². The molecular formula is C13H20N2O2S. The molecule has 1 aromatic carbocycles. The van der Waals surface area contributed by atoms with Crippen LogP contribution in [0.15, 0.2) is 18.2 Å². The van der Waals surface area contributed by atoms with E-state index in [2.05, 4.69) is 16.9 Å². The molecule has 1 fully saturated rings. The summed E-state index contributed by atoms with van der Waals surface area (Å²) in [5, 5.41) is 0. The average molecular weight is 268 g/mol. The Morgan fingerprint density at radius 2 is 2.22 bits per heavy atom. The number of rotatable bonds is 5. The third kappa shape index (κ3) is 3.31. The van der Waals surface area contributed by atoms with Crippen LogP contribution in [0.5, 0.6) is 5.75 Å². The van der Waals surface area contributed by atoms with Crippen molar-refractivity contribution >= 4 is 17.6 Å². The first kappa shape index (κ1) is 13.5. The lowest BCUT2D eigenvalue weighted by Gasteiger charge is -2.23. The molecule has 1 saturated heterocycles. The highest BCUT2D eigenvalue weighted by molar-refractivity contribution is 8.00. The van der Waals surface area contributed by atoms with E-state index in [0.29, 0.717) is 11.8 Å². The molecule has 0 aromatic heterocycles. The zero-order valence-corrected chi connectivity index (χ0v) is 11.5. The molecule has 0 atom stereocenters. The van der Waals surface area contributed by atoms with Crippen LogP contribution >= 0.6 is 11.9 Å². The van der Waals surface area contributed by atoms with Gasteiger partial charge in [-0.3, -0.25) is 0 Å². The molecule has 1 aliphatic heterocycles. The average Bonchev–Trinajstić information content (AvgIpc) is 2.45. The first-order valence-corrected chi connectivity index (χ1v) is 7.17. The lowest BCUT2D eigenvalue weighted by atomic mass is 9.91. The van der Waals surface area contributed by atoms with E-state index in [1.165, 1.54) is 17.5 Å². The molecule has 1 aliphatic rings. The molecule has 0 saturated carbocycles. The fourth-order valence-corrected chi connectivity index (χ4v) is 2.61. The Morgan fingerprint density at radius 1 is 1.44 bits per heavy atom. The van der Waals surface area contributed by atoms with E-state index in [1.54, 1.807) is 7.11 Å². The van der Waals surface area contributed by atoms with Gasteiger partial charge < -0.3 is 19.9 Å². The quantitative estimate of drug-likeness (QED) is 0.635. The van der Waals surface area contributed by atoms with Gasteiger partial charge in [-0.05, 0) is 48.4 Å². The van der Waals surface area contributed by atoms with Gasteiger partial charge in [0.05, 0.1) is 18.7 Å². The molecular weight excluding hydrogens is 248 g/mol. The van der Waals surface area contributed by atoms with Gasteiger partial charge in [-0.1, -0.05) is 6.07 Å². The van der Waals surface area contributed by atoms with Crippen molar-refractivity contribution in [2.24, 2.45) is 5.73 Å². The molecule has 5 heteroatoms. The molecule has 18 heavy (non-hydrogen) atoms. The van der Waals surface area contributed by atoms with Crippen molar-refractivity contribution in [2.75, 3.05) is 30.9 Å². The minimum absolute atomic E-state index is 0.532. The molecule has 0 amide bonds. The summed E-state index contributed by atoms with van der Waals surface area (Å²) >= 11 is 1.47. The largest absolute Gasteiger partial charge is 0.495 e. The predicted molar refractivity (Wildman–Crippen MR) is 76.1 cm³/mol. The Balaban J connectivity index is 2.15. The maximum absolute atomic E-state index is 5.49. The fourth-order valence-electron chi connectivity index (χ4n) is 2.21. The second-order valence-electron chi connectivity index (χ2n) is 4.26. The van der Waals surface area contributed by atoms with Crippen LogP contribution in [0.4, 0.5) is 5.69 Å². The van der Waals surface area contributed by atoms with Crippen molar-refractivity contribution in [3.05, 3.63) is 23.8 Å². The summed E-state index contributed by atoms with van der Waals surface area (Å²) in [6.07, 6.45) is 2.19. The number of benzene rings is 1. The van der Waals surface area contributed by atoms with Crippen LogP contribution in [0, 0.1) is 0 Å². The minimum atomic E-state index is 0.532. The van der Waals surface area contributed by atoms with Gasteiger partial charge in [0.15, 0.2) is 0 Å². The zero-order valence-electron chi connectivity index (χ0n) is 10.6. The van der Waals surface area contributed by atoms with Gasteiger partial charge >= 0.3 is 0 Å². The molecule has 100 valence electrons. The SMILES string of the molecule is COc1ccc(C2CCOCC2)cc1NSCN. The van der Waals surface area contributed by atoms with Crippen LogP contribution in [-0.2, 0) is 4.74 Å². The first-order chi connectivity index (χ1) is 8.85. The normalized spacial score (nSPS) is 16.6. The Hall–Kier alpha value is -0.910. The number of hydrogen-bond acceptors (Lipinski definition) is 5. The molecule has 0 unspecified atom stereocenters. The van der Waals surface area contributed by atoms with E-state index < -0.39 is 0 Å². The Morgan fingerprint density at radius 3 is 2.89 bits per heavy atom. The van der Waals surface area contributed by atoms with Crippen LogP contribution in [-0.4, -0.2) is 26.2 Å². The molecule has 0 bridgehead atoms. The maximum atomic E-state index is 5.49. The summed E-state index contributed by atoms with van der Waals surface area (Å²) in [5.41, 5.74) is 7.84. The summed E-state index contributed by atoms with van der Waals surface area (Å²) in [5.74, 6) is 1.98. The number of hydrogen-bond donors (Lipinski definition) is 2. The third-order valence-electron chi connectivity index (χ3n) is 3.18. The molecule has 0 spiro atoms. The molecule has 1 aromatic rings. The Labute approximate surface area is 112 Å². The van der Waals surface area contributed by atoms with Gasteiger partial charge in [0.2, 0.25) is 0 Å². The van der Waals surface area contributed by atoms with Crippen molar-refractivity contribution in [3.63, 3.8) is 0 Å². The van der Waals surface area contributed by atoms with Crippen molar-refractivity contribution < 1.29 is 9.47 Å². The van der Waals surface area contributed by atoms with Crippen LogP contribution in [0.3, 0.4) is 0 Å². The van der Waals surface area contributed by atoms with Gasteiger partial charge in [-0.15, -0.1) is 0 Å². The van der Waals surface area contributed by atoms with E-state index in [9.17, 15) is 0 Å². The van der Waals surface area contributed by atoms with Gasteiger partial charge in [-0.2, -0.15) is 0 Å². The van der Waals surface area contributed by atoms with E-state index in [4.69, 9.17) is 15.2 Å². The first-order valence-electron chi connectivity index (χ1n) is 6.18. The number of nitrogens with two attached hydrogens (primary N) is 1. The second-order valence-corrected chi connectivity index (χ2v) is 5.09. The topological polar surface area (TPSA) is 56.5 Å². The van der Waals surface area contributed by atoms with Crippen LogP contribution < -0.4 is 15.2 Å². The van der Waals surface area contributed by atoms with Crippen molar-refractivity contribution in [3.8, 4) is 5.75 Å². The molecule has 1 heterocycles. The summed E-state index contributed by atoms with van der Waals surface area (Å²) < 4.78 is 14.0. The van der Waals surface area contributed by atoms with E-state index in [0.717, 1.165) is 37.5 Å². The lowest BCUT2D eigenvalue weighted by molar-refractivity contribution is 0.0853. The molecule has 3 N–H and O–H groups in total. The summed E-state index contributed by atoms with van der Waals surface area (Å²) in [4.78, 5) is 0. The highest BCUT2D eigenvalue weighted by Gasteiger charge is 2.17. The second kappa shape index (κ2) is 6.87. The van der Waals surface area contributed by atoms with Crippen LogP contribution in [0.2, 0.25) is 0 Å². The van der Waals surface area contributed by atoms with Crippen molar-refractivity contribution in [1.82, 2.24) is 0 Å². The standard InChI is InChI=1S/C13H20N2O2S/c1-16-13-3-2-11(8-12(13)15-18-9-14)10-4-6-17-7-5-10/h2-3,8,10,15H,4-7,9,14H2,1H3. The summed E-state index contributed by atoms with van der Waals surface area (Å²) in [7, 11) is 1.68. The van der Waals surface area contributed by atoms with E-state index >= 15 is 0 Å². The molecule has 0 aliphatic carbocycles. The van der Waals surface area contributed by atoms with Crippen LogP contribution in [0.25, 0.3) is 0 Å². The third-order valence-corrected chi connectivity index (χ3v) is 3.71. The number of nitrogens with one attached hydrogen (secondary N) is 1. The number of ether oxygens (including phenoxy) is 2. The Kier molecular flexibility index (Phi) is 5.16. The van der Waals surface area contributed by atoms with E-state index in [1.807, 2.05) is 6.07 Å². The highest BCUT2D eigenvalue weighted by Crippen LogP contribution is 2.34.